The molecule has 2 aromatic rings. The molecule has 0 atom stereocenters. The van der Waals surface area contributed by atoms with E-state index in [1.807, 2.05) is 0 Å². The molecule has 0 radical (unpaired) electrons. The van der Waals surface area contributed by atoms with Gasteiger partial charge in [-0.05, 0) is 36.5 Å². The van der Waals surface area contributed by atoms with E-state index >= 15 is 0 Å². The zero-order valence-electron chi connectivity index (χ0n) is 11.5. The zero-order valence-corrected chi connectivity index (χ0v) is 12.3. The Morgan fingerprint density at radius 3 is 2.39 bits per heavy atom. The first-order valence-electron chi connectivity index (χ1n) is 6.32. The van der Waals surface area contributed by atoms with Crippen LogP contribution in [0.4, 0.5) is 25.8 Å². The first-order valence-corrected chi connectivity index (χ1v) is 6.73. The summed E-state index contributed by atoms with van der Waals surface area (Å²) in [6, 6.07) is 11.7. The summed E-state index contributed by atoms with van der Waals surface area (Å²) in [6.07, 6.45) is 0. The molecule has 0 amide bonds. The highest BCUT2D eigenvalue weighted by Gasteiger charge is 2.10. The fraction of sp³-hybridized carbons (Fsp3) is 0.0714. The van der Waals surface area contributed by atoms with Gasteiger partial charge in [-0.2, -0.15) is 8.78 Å². The van der Waals surface area contributed by atoms with Gasteiger partial charge in [-0.1, -0.05) is 12.1 Å². The fourth-order valence-corrected chi connectivity index (χ4v) is 1.95. The second kappa shape index (κ2) is 7.45. The third-order valence-electron chi connectivity index (χ3n) is 2.69. The molecule has 0 saturated heterocycles. The lowest BCUT2D eigenvalue weighted by Gasteiger charge is -2.14. The van der Waals surface area contributed by atoms with Crippen molar-refractivity contribution in [3.05, 3.63) is 58.6 Å². The van der Waals surface area contributed by atoms with Crippen LogP contribution in [-0.4, -0.2) is 16.6 Å². The van der Waals surface area contributed by atoms with E-state index < -0.39 is 11.5 Å². The van der Waals surface area contributed by atoms with Crippen molar-refractivity contribution in [2.24, 2.45) is 0 Å². The number of para-hydroxylation sites is 2. The lowest BCUT2D eigenvalue weighted by atomic mass is 10.3. The first-order chi connectivity index (χ1) is 11.0. The average Bonchev–Trinajstić information content (AvgIpc) is 2.49. The summed E-state index contributed by atoms with van der Waals surface area (Å²) in [7, 11) is 0. The zero-order chi connectivity index (χ0) is 16.8. The second-order valence-electron chi connectivity index (χ2n) is 4.26. The Bertz CT molecular complexity index is 711. The smallest absolute Gasteiger partial charge is 0.387 e. The van der Waals surface area contributed by atoms with Gasteiger partial charge in [-0.25, -0.2) is 0 Å². The summed E-state index contributed by atoms with van der Waals surface area (Å²) in [5.74, 6) is -0.0460. The molecule has 0 fully saturated rings. The van der Waals surface area contributed by atoms with Crippen LogP contribution in [0.2, 0.25) is 0 Å². The Hall–Kier alpha value is -2.81. The van der Waals surface area contributed by atoms with E-state index in [-0.39, 0.29) is 22.2 Å². The third kappa shape index (κ3) is 4.85. The maximum Gasteiger partial charge on any atom is 0.387 e. The molecule has 2 N–H and O–H groups in total. The molecule has 0 saturated carbocycles. The van der Waals surface area contributed by atoms with Crippen molar-refractivity contribution in [3.8, 4) is 5.75 Å². The standard InChI is InChI=1S/C14H11F2N3O3S/c15-13(16)22-12-4-2-1-3-11(12)18-14(23)17-9-5-7-10(8-6-9)19(20)21/h1-8,13H,(H2,17,18,23). The van der Waals surface area contributed by atoms with Crippen molar-refractivity contribution in [2.45, 2.75) is 6.61 Å². The minimum atomic E-state index is -2.95. The quantitative estimate of drug-likeness (QED) is 0.487. The number of nitro benzene ring substituents is 1. The topological polar surface area (TPSA) is 76.4 Å². The Labute approximate surface area is 135 Å². The number of halogens is 2. The maximum atomic E-state index is 12.3. The lowest BCUT2D eigenvalue weighted by molar-refractivity contribution is -0.384. The summed E-state index contributed by atoms with van der Waals surface area (Å²) >= 11 is 5.08. The van der Waals surface area contributed by atoms with E-state index in [9.17, 15) is 18.9 Å². The molecular formula is C14H11F2N3O3S. The number of nitrogens with zero attached hydrogens (tertiary/aromatic N) is 1. The molecule has 6 nitrogen and oxygen atoms in total. The van der Waals surface area contributed by atoms with Crippen LogP contribution in [0.15, 0.2) is 48.5 Å². The number of non-ortho nitro benzene ring substituents is 1. The van der Waals surface area contributed by atoms with Crippen LogP contribution in [0.25, 0.3) is 0 Å². The van der Waals surface area contributed by atoms with Gasteiger partial charge in [-0.3, -0.25) is 10.1 Å². The molecule has 120 valence electrons. The van der Waals surface area contributed by atoms with E-state index in [1.54, 1.807) is 12.1 Å². The van der Waals surface area contributed by atoms with Crippen LogP contribution in [0.1, 0.15) is 0 Å². The van der Waals surface area contributed by atoms with Gasteiger partial charge in [0, 0.05) is 17.8 Å². The maximum absolute atomic E-state index is 12.3. The molecule has 0 bridgehead atoms. The number of hydrogen-bond acceptors (Lipinski definition) is 4. The van der Waals surface area contributed by atoms with Gasteiger partial charge in [0.05, 0.1) is 10.6 Å². The van der Waals surface area contributed by atoms with E-state index in [1.165, 1.54) is 36.4 Å². The van der Waals surface area contributed by atoms with Gasteiger partial charge in [0.25, 0.3) is 5.69 Å². The largest absolute Gasteiger partial charge is 0.433 e. The Kier molecular flexibility index (Phi) is 5.36. The number of rotatable bonds is 5. The molecule has 23 heavy (non-hydrogen) atoms. The number of hydrogen-bond donors (Lipinski definition) is 2. The average molecular weight is 339 g/mol. The summed E-state index contributed by atoms with van der Waals surface area (Å²) in [5, 5.41) is 16.2. The summed E-state index contributed by atoms with van der Waals surface area (Å²) in [5.41, 5.74) is 0.734. The number of nitro groups is 1. The minimum absolute atomic E-state index is 0.0460. The highest BCUT2D eigenvalue weighted by molar-refractivity contribution is 7.80. The summed E-state index contributed by atoms with van der Waals surface area (Å²) < 4.78 is 29.0. The molecule has 9 heteroatoms. The van der Waals surface area contributed by atoms with Crippen molar-refractivity contribution >= 4 is 34.4 Å². The van der Waals surface area contributed by atoms with Crippen LogP contribution in [0.3, 0.4) is 0 Å². The third-order valence-corrected chi connectivity index (χ3v) is 2.89. The molecule has 0 aromatic heterocycles. The monoisotopic (exact) mass is 339 g/mol. The SMILES string of the molecule is O=[N+]([O-])c1ccc(NC(=S)Nc2ccccc2OC(F)F)cc1. The normalized spacial score (nSPS) is 10.2. The predicted molar refractivity (Wildman–Crippen MR) is 86.0 cm³/mol. The number of alkyl halides is 2. The summed E-state index contributed by atoms with van der Waals surface area (Å²) in [6.45, 7) is -2.95. The Balaban J connectivity index is 2.03. The number of thiocarbonyl (C=S) groups is 1. The first kappa shape index (κ1) is 16.6. The Morgan fingerprint density at radius 1 is 1.13 bits per heavy atom. The number of anilines is 2. The van der Waals surface area contributed by atoms with Crippen molar-refractivity contribution in [2.75, 3.05) is 10.6 Å². The molecule has 0 aliphatic carbocycles. The van der Waals surface area contributed by atoms with Crippen molar-refractivity contribution < 1.29 is 18.4 Å². The Morgan fingerprint density at radius 2 is 1.78 bits per heavy atom. The molecule has 0 aliphatic heterocycles. The second-order valence-corrected chi connectivity index (χ2v) is 4.67. The van der Waals surface area contributed by atoms with Crippen molar-refractivity contribution in [1.29, 1.82) is 0 Å². The van der Waals surface area contributed by atoms with Crippen LogP contribution in [0.5, 0.6) is 5.75 Å². The van der Waals surface area contributed by atoms with E-state index in [0.29, 0.717) is 5.69 Å². The van der Waals surface area contributed by atoms with Crippen molar-refractivity contribution in [1.82, 2.24) is 0 Å². The molecule has 2 aromatic carbocycles. The number of nitrogens with one attached hydrogen (secondary N) is 2. The van der Waals surface area contributed by atoms with E-state index in [0.717, 1.165) is 0 Å². The molecule has 0 aliphatic rings. The van der Waals surface area contributed by atoms with Gasteiger partial charge >= 0.3 is 6.61 Å². The molecule has 0 heterocycles. The van der Waals surface area contributed by atoms with Gasteiger partial charge in [-0.15, -0.1) is 0 Å². The summed E-state index contributed by atoms with van der Waals surface area (Å²) in [4.78, 5) is 10.1. The minimum Gasteiger partial charge on any atom is -0.433 e. The molecule has 0 unspecified atom stereocenters. The van der Waals surface area contributed by atoms with Gasteiger partial charge in [0.15, 0.2) is 5.11 Å². The van der Waals surface area contributed by atoms with Crippen LogP contribution < -0.4 is 15.4 Å². The van der Waals surface area contributed by atoms with Crippen molar-refractivity contribution in [3.63, 3.8) is 0 Å². The lowest BCUT2D eigenvalue weighted by Crippen LogP contribution is -2.19. The highest BCUT2D eigenvalue weighted by atomic mass is 32.1. The number of benzene rings is 2. The molecule has 2 rings (SSSR count). The fourth-order valence-electron chi connectivity index (χ4n) is 1.72. The molecule has 0 spiro atoms. The van der Waals surface area contributed by atoms with Gasteiger partial charge < -0.3 is 15.4 Å². The van der Waals surface area contributed by atoms with E-state index in [4.69, 9.17) is 12.2 Å². The van der Waals surface area contributed by atoms with E-state index in [2.05, 4.69) is 15.4 Å². The van der Waals surface area contributed by atoms with Crippen LogP contribution in [0, 0.1) is 10.1 Å². The highest BCUT2D eigenvalue weighted by Crippen LogP contribution is 2.25. The van der Waals surface area contributed by atoms with Crippen LogP contribution in [-0.2, 0) is 0 Å². The van der Waals surface area contributed by atoms with Crippen LogP contribution >= 0.6 is 12.2 Å². The van der Waals surface area contributed by atoms with Gasteiger partial charge in [0.2, 0.25) is 0 Å². The van der Waals surface area contributed by atoms with Gasteiger partial charge in [0.1, 0.15) is 5.75 Å². The molecular weight excluding hydrogens is 328 g/mol. The predicted octanol–water partition coefficient (Wildman–Crippen LogP) is 4.01. The number of ether oxygens (including phenoxy) is 1.